The van der Waals surface area contributed by atoms with Crippen molar-refractivity contribution in [3.8, 4) is 0 Å². The molecule has 4 rings (SSSR count). The maximum atomic E-state index is 10.4. The van der Waals surface area contributed by atoms with Crippen molar-refractivity contribution in [2.24, 2.45) is 10.8 Å². The van der Waals surface area contributed by atoms with Crippen LogP contribution >= 0.6 is 0 Å². The summed E-state index contributed by atoms with van der Waals surface area (Å²) >= 11 is 0. The van der Waals surface area contributed by atoms with Gasteiger partial charge in [-0.2, -0.15) is 0 Å². The zero-order chi connectivity index (χ0) is 13.5. The van der Waals surface area contributed by atoms with Gasteiger partial charge in [0, 0.05) is 10.8 Å². The summed E-state index contributed by atoms with van der Waals surface area (Å²) in [4.78, 5) is 0. The standard InChI is InChI=1S/C15H22O4/c1-9-3-4-14(7-16)11(5-9)19-12-10(17)6-13(14,2)15(12)8-18-15/h5,10-12,16-17H,3-4,6-8H2,1-2H3/t10?,11-,12-,13-,14-,15-/m1/s1. The van der Waals surface area contributed by atoms with Crippen molar-refractivity contribution < 1.29 is 19.7 Å². The van der Waals surface area contributed by atoms with Crippen LogP contribution in [-0.2, 0) is 9.47 Å². The first-order chi connectivity index (χ1) is 8.99. The molecule has 1 saturated carbocycles. The molecule has 4 heteroatoms. The Bertz CT molecular complexity index is 455. The molecule has 2 aliphatic heterocycles. The highest BCUT2D eigenvalue weighted by Crippen LogP contribution is 2.71. The molecule has 2 aliphatic carbocycles. The van der Waals surface area contributed by atoms with Gasteiger partial charge in [-0.1, -0.05) is 18.6 Å². The Kier molecular flexibility index (Phi) is 2.22. The van der Waals surface area contributed by atoms with Crippen molar-refractivity contribution in [1.29, 1.82) is 0 Å². The second kappa shape index (κ2) is 3.42. The largest absolute Gasteiger partial charge is 0.396 e. The fourth-order valence-electron chi connectivity index (χ4n) is 5.03. The number of rotatable bonds is 1. The summed E-state index contributed by atoms with van der Waals surface area (Å²) in [6.07, 6.45) is 3.93. The monoisotopic (exact) mass is 266 g/mol. The lowest BCUT2D eigenvalue weighted by atomic mass is 9.52. The van der Waals surface area contributed by atoms with Crippen LogP contribution in [0.3, 0.4) is 0 Å². The summed E-state index contributed by atoms with van der Waals surface area (Å²) < 4.78 is 12.0. The molecule has 0 radical (unpaired) electrons. The molecular formula is C15H22O4. The van der Waals surface area contributed by atoms with E-state index in [1.54, 1.807) is 0 Å². The molecule has 4 nitrogen and oxygen atoms in total. The number of aliphatic hydroxyl groups excluding tert-OH is 2. The summed E-state index contributed by atoms with van der Waals surface area (Å²) in [5, 5.41) is 20.5. The summed E-state index contributed by atoms with van der Waals surface area (Å²) in [5.74, 6) is 0. The van der Waals surface area contributed by atoms with Crippen LogP contribution in [0.15, 0.2) is 11.6 Å². The van der Waals surface area contributed by atoms with Gasteiger partial charge in [0.2, 0.25) is 0 Å². The summed E-state index contributed by atoms with van der Waals surface area (Å²) in [5.41, 5.74) is 0.458. The van der Waals surface area contributed by atoms with Crippen LogP contribution in [0.25, 0.3) is 0 Å². The van der Waals surface area contributed by atoms with Crippen LogP contribution in [0.1, 0.15) is 33.1 Å². The van der Waals surface area contributed by atoms with Crippen molar-refractivity contribution in [2.75, 3.05) is 13.2 Å². The highest BCUT2D eigenvalue weighted by molar-refractivity contribution is 5.31. The number of epoxide rings is 1. The van der Waals surface area contributed by atoms with Crippen LogP contribution in [0, 0.1) is 10.8 Å². The average Bonchev–Trinajstić information content (AvgIpc) is 3.13. The molecule has 0 amide bonds. The third-order valence-corrected chi connectivity index (χ3v) is 6.44. The van der Waals surface area contributed by atoms with Crippen molar-refractivity contribution >= 4 is 0 Å². The summed E-state index contributed by atoms with van der Waals surface area (Å²) in [7, 11) is 0. The van der Waals surface area contributed by atoms with E-state index in [-0.39, 0.29) is 35.2 Å². The number of allylic oxidation sites excluding steroid dienone is 1. The van der Waals surface area contributed by atoms with E-state index in [1.165, 1.54) is 5.57 Å². The van der Waals surface area contributed by atoms with Crippen LogP contribution in [0.4, 0.5) is 0 Å². The Morgan fingerprint density at radius 3 is 2.84 bits per heavy atom. The summed E-state index contributed by atoms with van der Waals surface area (Å²) in [6.45, 7) is 5.05. The molecule has 0 aromatic carbocycles. The lowest BCUT2D eigenvalue weighted by Gasteiger charge is -2.57. The first-order valence-electron chi connectivity index (χ1n) is 7.25. The Morgan fingerprint density at radius 2 is 2.21 bits per heavy atom. The normalized spacial score (nSPS) is 58.9. The van der Waals surface area contributed by atoms with E-state index in [0.29, 0.717) is 13.0 Å². The smallest absolute Gasteiger partial charge is 0.126 e. The zero-order valence-corrected chi connectivity index (χ0v) is 11.6. The van der Waals surface area contributed by atoms with E-state index in [1.807, 2.05) is 0 Å². The third kappa shape index (κ3) is 1.16. The van der Waals surface area contributed by atoms with E-state index < -0.39 is 6.10 Å². The SMILES string of the molecule is CC1=C[C@H]2O[C@@H]3C(O)C[C@](C)([C@@]2(CO)CC1)[C@@]31CO1. The number of hydrogen-bond acceptors (Lipinski definition) is 4. The van der Waals surface area contributed by atoms with Crippen LogP contribution < -0.4 is 0 Å². The highest BCUT2D eigenvalue weighted by Gasteiger charge is 2.80. The van der Waals surface area contributed by atoms with Gasteiger partial charge in [0.15, 0.2) is 0 Å². The van der Waals surface area contributed by atoms with Gasteiger partial charge in [-0.25, -0.2) is 0 Å². The average molecular weight is 266 g/mol. The Labute approximate surface area is 113 Å². The first kappa shape index (κ1) is 12.3. The van der Waals surface area contributed by atoms with E-state index in [4.69, 9.17) is 9.47 Å². The van der Waals surface area contributed by atoms with E-state index in [0.717, 1.165) is 12.8 Å². The third-order valence-electron chi connectivity index (χ3n) is 6.44. The minimum absolute atomic E-state index is 0.0896. The van der Waals surface area contributed by atoms with Gasteiger partial charge in [-0.3, -0.25) is 0 Å². The molecule has 3 fully saturated rings. The van der Waals surface area contributed by atoms with Gasteiger partial charge in [0.05, 0.1) is 25.4 Å². The minimum Gasteiger partial charge on any atom is -0.396 e. The van der Waals surface area contributed by atoms with Crippen molar-refractivity contribution in [3.63, 3.8) is 0 Å². The maximum absolute atomic E-state index is 10.4. The number of aliphatic hydroxyl groups is 2. The molecule has 2 heterocycles. The van der Waals surface area contributed by atoms with Gasteiger partial charge in [-0.15, -0.1) is 0 Å². The molecule has 0 aromatic rings. The van der Waals surface area contributed by atoms with E-state index >= 15 is 0 Å². The van der Waals surface area contributed by atoms with Gasteiger partial charge in [-0.05, 0) is 26.2 Å². The number of fused-ring (bicyclic) bond motifs is 2. The Balaban J connectivity index is 1.87. The number of hydrogen-bond donors (Lipinski definition) is 2. The lowest BCUT2D eigenvalue weighted by Crippen LogP contribution is -2.64. The van der Waals surface area contributed by atoms with Gasteiger partial charge in [0.25, 0.3) is 0 Å². The van der Waals surface area contributed by atoms with Gasteiger partial charge >= 0.3 is 0 Å². The fraction of sp³-hybridized carbons (Fsp3) is 0.867. The van der Waals surface area contributed by atoms with E-state index in [2.05, 4.69) is 19.9 Å². The predicted molar refractivity (Wildman–Crippen MR) is 68.6 cm³/mol. The van der Waals surface area contributed by atoms with Crippen LogP contribution in [0.5, 0.6) is 0 Å². The fourth-order valence-corrected chi connectivity index (χ4v) is 5.03. The molecule has 6 atom stereocenters. The van der Waals surface area contributed by atoms with Crippen molar-refractivity contribution in [2.45, 2.75) is 57.0 Å². The molecule has 1 spiro atoms. The predicted octanol–water partition coefficient (Wildman–Crippen LogP) is 1.01. The second-order valence-corrected chi connectivity index (χ2v) is 7.09. The number of ether oxygens (including phenoxy) is 2. The molecule has 4 aliphatic rings. The summed E-state index contributed by atoms with van der Waals surface area (Å²) in [6, 6.07) is 0. The second-order valence-electron chi connectivity index (χ2n) is 7.09. The topological polar surface area (TPSA) is 62.2 Å². The highest BCUT2D eigenvalue weighted by atomic mass is 16.6. The van der Waals surface area contributed by atoms with Gasteiger partial charge < -0.3 is 19.7 Å². The van der Waals surface area contributed by atoms with Crippen molar-refractivity contribution in [1.82, 2.24) is 0 Å². The van der Waals surface area contributed by atoms with E-state index in [9.17, 15) is 10.2 Å². The molecule has 2 bridgehead atoms. The van der Waals surface area contributed by atoms with Crippen molar-refractivity contribution in [3.05, 3.63) is 11.6 Å². The zero-order valence-electron chi connectivity index (χ0n) is 11.6. The first-order valence-corrected chi connectivity index (χ1v) is 7.25. The van der Waals surface area contributed by atoms with Gasteiger partial charge in [0.1, 0.15) is 11.7 Å². The molecule has 106 valence electrons. The van der Waals surface area contributed by atoms with Crippen LogP contribution in [-0.4, -0.2) is 47.3 Å². The molecule has 2 saturated heterocycles. The minimum atomic E-state index is -0.477. The molecule has 1 unspecified atom stereocenters. The Hall–Kier alpha value is -0.420. The quantitative estimate of drug-likeness (QED) is 0.549. The Morgan fingerprint density at radius 1 is 1.47 bits per heavy atom. The lowest BCUT2D eigenvalue weighted by molar-refractivity contribution is -0.216. The molecule has 2 N–H and O–H groups in total. The molecular weight excluding hydrogens is 244 g/mol. The molecule has 0 aromatic heterocycles. The molecule has 19 heavy (non-hydrogen) atoms. The maximum Gasteiger partial charge on any atom is 0.126 e. The van der Waals surface area contributed by atoms with Crippen LogP contribution in [0.2, 0.25) is 0 Å².